The van der Waals surface area contributed by atoms with E-state index in [0.29, 0.717) is 14.5 Å². The van der Waals surface area contributed by atoms with Crippen LogP contribution in [0.1, 0.15) is 11.1 Å². The van der Waals surface area contributed by atoms with Crippen LogP contribution in [-0.4, -0.2) is 25.1 Å². The first-order valence-electron chi connectivity index (χ1n) is 6.89. The van der Waals surface area contributed by atoms with Crippen LogP contribution in [0.25, 0.3) is 11.6 Å². The van der Waals surface area contributed by atoms with Gasteiger partial charge in [-0.1, -0.05) is 0 Å². The molecule has 1 aliphatic rings. The van der Waals surface area contributed by atoms with Gasteiger partial charge in [0.1, 0.15) is 5.75 Å². The lowest BCUT2D eigenvalue weighted by Crippen LogP contribution is -2.08. The molecule has 0 unspecified atom stereocenters. The van der Waals surface area contributed by atoms with Gasteiger partial charge >= 0.3 is 0 Å². The van der Waals surface area contributed by atoms with Crippen molar-refractivity contribution in [2.24, 2.45) is 0 Å². The minimum absolute atomic E-state index is 0.128. The van der Waals surface area contributed by atoms with Crippen LogP contribution in [0.15, 0.2) is 39.3 Å². The van der Waals surface area contributed by atoms with Crippen molar-refractivity contribution in [3.05, 3.63) is 50.4 Å². The second-order valence-electron chi connectivity index (χ2n) is 5.47. The van der Waals surface area contributed by atoms with Crippen LogP contribution in [0.4, 0.5) is 11.4 Å². The van der Waals surface area contributed by atoms with Gasteiger partial charge in [-0.05, 0) is 73.8 Å². The average Bonchev–Trinajstić information content (AvgIpc) is 2.80. The van der Waals surface area contributed by atoms with Gasteiger partial charge in [0.25, 0.3) is 5.91 Å². The van der Waals surface area contributed by atoms with Crippen LogP contribution in [0.2, 0.25) is 0 Å². The molecule has 1 aliphatic heterocycles. The summed E-state index contributed by atoms with van der Waals surface area (Å²) < 4.78 is 1.14. The van der Waals surface area contributed by atoms with Gasteiger partial charge < -0.3 is 15.3 Å². The number of nitrogens with zero attached hydrogens (tertiary/aromatic N) is 1. The number of rotatable bonds is 2. The molecule has 0 aromatic heterocycles. The Morgan fingerprint density at radius 2 is 1.78 bits per heavy atom. The number of anilines is 2. The molecular weight excluding hydrogens is 424 g/mol. The number of phenolic OH excluding ortho intramolecular Hbond substituents is 1. The van der Waals surface area contributed by atoms with Gasteiger partial charge in [-0.3, -0.25) is 4.79 Å². The summed E-state index contributed by atoms with van der Waals surface area (Å²) in [4.78, 5) is 14.3. The Bertz CT molecular complexity index is 821. The first-order valence-corrected chi connectivity index (χ1v) is 8.48. The number of amides is 1. The van der Waals surface area contributed by atoms with Crippen LogP contribution in [0.3, 0.4) is 0 Å². The average molecular weight is 438 g/mol. The Morgan fingerprint density at radius 3 is 2.39 bits per heavy atom. The number of nitrogens with one attached hydrogen (secondary N) is 1. The summed E-state index contributed by atoms with van der Waals surface area (Å²) in [5, 5.41) is 12.7. The lowest BCUT2D eigenvalue weighted by atomic mass is 10.0. The summed E-state index contributed by atoms with van der Waals surface area (Å²) in [6.45, 7) is 0. The molecule has 118 valence electrons. The van der Waals surface area contributed by atoms with E-state index in [1.54, 1.807) is 12.1 Å². The molecule has 3 rings (SSSR count). The predicted molar refractivity (Wildman–Crippen MR) is 101 cm³/mol. The summed E-state index contributed by atoms with van der Waals surface area (Å²) in [5.74, 6) is 0.00884. The van der Waals surface area contributed by atoms with E-state index in [1.807, 2.05) is 43.3 Å². The van der Waals surface area contributed by atoms with Gasteiger partial charge in [0.05, 0.1) is 8.95 Å². The molecule has 6 heteroatoms. The highest BCUT2D eigenvalue weighted by molar-refractivity contribution is 9.11. The van der Waals surface area contributed by atoms with Gasteiger partial charge in [0.15, 0.2) is 0 Å². The molecule has 1 amide bonds. The van der Waals surface area contributed by atoms with Gasteiger partial charge in [0, 0.05) is 36.6 Å². The number of hydrogen-bond donors (Lipinski definition) is 2. The fourth-order valence-corrected chi connectivity index (χ4v) is 3.65. The van der Waals surface area contributed by atoms with Crippen molar-refractivity contribution in [1.29, 1.82) is 0 Å². The van der Waals surface area contributed by atoms with Crippen molar-refractivity contribution in [2.45, 2.75) is 0 Å². The molecule has 0 bridgehead atoms. The zero-order valence-electron chi connectivity index (χ0n) is 12.5. The first-order chi connectivity index (χ1) is 10.9. The second kappa shape index (κ2) is 6.02. The summed E-state index contributed by atoms with van der Waals surface area (Å²) in [6.07, 6.45) is 1.82. The Morgan fingerprint density at radius 1 is 1.13 bits per heavy atom. The number of hydrogen-bond acceptors (Lipinski definition) is 3. The fourth-order valence-electron chi connectivity index (χ4n) is 2.43. The van der Waals surface area contributed by atoms with E-state index in [-0.39, 0.29) is 11.7 Å². The Labute approximate surface area is 151 Å². The van der Waals surface area contributed by atoms with Crippen molar-refractivity contribution in [3.63, 3.8) is 0 Å². The first kappa shape index (κ1) is 16.1. The van der Waals surface area contributed by atoms with Gasteiger partial charge in [-0.2, -0.15) is 0 Å². The lowest BCUT2D eigenvalue weighted by Gasteiger charge is -2.13. The Kier molecular flexibility index (Phi) is 4.21. The third-order valence-corrected chi connectivity index (χ3v) is 4.86. The van der Waals surface area contributed by atoms with Crippen LogP contribution >= 0.6 is 31.9 Å². The van der Waals surface area contributed by atoms with Gasteiger partial charge in [-0.25, -0.2) is 0 Å². The smallest absolute Gasteiger partial charge is 0.256 e. The van der Waals surface area contributed by atoms with E-state index in [2.05, 4.69) is 37.2 Å². The summed E-state index contributed by atoms with van der Waals surface area (Å²) >= 11 is 6.61. The van der Waals surface area contributed by atoms with Crippen molar-refractivity contribution < 1.29 is 9.90 Å². The topological polar surface area (TPSA) is 52.6 Å². The number of halogens is 2. The number of carbonyl (C=O) groups excluding carboxylic acids is 1. The highest BCUT2D eigenvalue weighted by Crippen LogP contribution is 2.38. The highest BCUT2D eigenvalue weighted by Gasteiger charge is 2.24. The van der Waals surface area contributed by atoms with Crippen LogP contribution in [0.5, 0.6) is 5.75 Å². The maximum Gasteiger partial charge on any atom is 0.256 e. The largest absolute Gasteiger partial charge is 0.506 e. The van der Waals surface area contributed by atoms with E-state index in [0.717, 1.165) is 22.5 Å². The van der Waals surface area contributed by atoms with Gasteiger partial charge in [-0.15, -0.1) is 0 Å². The number of benzene rings is 2. The molecule has 2 aromatic carbocycles. The van der Waals surface area contributed by atoms with Crippen molar-refractivity contribution in [3.8, 4) is 5.75 Å². The molecule has 2 aromatic rings. The predicted octanol–water partition coefficient (Wildman–Crippen LogP) is 4.48. The highest BCUT2D eigenvalue weighted by atomic mass is 79.9. The normalized spacial score (nSPS) is 14.8. The molecule has 23 heavy (non-hydrogen) atoms. The molecule has 0 saturated heterocycles. The molecular formula is C17H14Br2N2O2. The monoisotopic (exact) mass is 436 g/mol. The van der Waals surface area contributed by atoms with Crippen LogP contribution in [0, 0.1) is 0 Å². The summed E-state index contributed by atoms with van der Waals surface area (Å²) in [7, 11) is 3.92. The Balaban J connectivity index is 2.11. The fraction of sp³-hybridized carbons (Fsp3) is 0.118. The maximum absolute atomic E-state index is 12.3. The minimum Gasteiger partial charge on any atom is -0.506 e. The molecule has 0 aliphatic carbocycles. The van der Waals surface area contributed by atoms with E-state index in [9.17, 15) is 9.90 Å². The molecule has 2 N–H and O–H groups in total. The number of phenols is 1. The minimum atomic E-state index is -0.128. The SMILES string of the molecule is CN(C)c1ccc2c(c1)/C(=C/c1cc(Br)c(O)c(Br)c1)C(=O)N2. The van der Waals surface area contributed by atoms with Crippen molar-refractivity contribution >= 4 is 60.8 Å². The molecule has 1 heterocycles. The molecule has 0 fully saturated rings. The summed E-state index contributed by atoms with van der Waals surface area (Å²) in [5.41, 5.74) is 4.13. The molecule has 0 saturated carbocycles. The van der Waals surface area contributed by atoms with E-state index >= 15 is 0 Å². The standard InChI is InChI=1S/C17H14Br2N2O2/c1-21(2)10-3-4-15-11(8-10)12(17(23)20-15)5-9-6-13(18)16(22)14(19)7-9/h3-8,22H,1-2H3,(H,20,23)/b12-5-. The maximum atomic E-state index is 12.3. The number of fused-ring (bicyclic) bond motifs is 1. The van der Waals surface area contributed by atoms with Crippen molar-refractivity contribution in [1.82, 2.24) is 0 Å². The summed E-state index contributed by atoms with van der Waals surface area (Å²) in [6, 6.07) is 9.41. The van der Waals surface area contributed by atoms with Crippen LogP contribution < -0.4 is 10.2 Å². The molecule has 4 nitrogen and oxygen atoms in total. The quantitative estimate of drug-likeness (QED) is 0.681. The Hall–Kier alpha value is -1.79. The van der Waals surface area contributed by atoms with E-state index in [4.69, 9.17) is 0 Å². The second-order valence-corrected chi connectivity index (χ2v) is 7.18. The van der Waals surface area contributed by atoms with E-state index < -0.39 is 0 Å². The molecule has 0 radical (unpaired) electrons. The van der Waals surface area contributed by atoms with Crippen LogP contribution in [-0.2, 0) is 4.79 Å². The van der Waals surface area contributed by atoms with E-state index in [1.165, 1.54) is 0 Å². The zero-order valence-corrected chi connectivity index (χ0v) is 15.7. The number of carbonyl (C=O) groups is 1. The molecule has 0 atom stereocenters. The van der Waals surface area contributed by atoms with Crippen molar-refractivity contribution in [2.75, 3.05) is 24.3 Å². The zero-order chi connectivity index (χ0) is 16.7. The number of aromatic hydroxyl groups is 1. The third kappa shape index (κ3) is 3.01. The van der Waals surface area contributed by atoms with Gasteiger partial charge in [0.2, 0.25) is 0 Å². The third-order valence-electron chi connectivity index (χ3n) is 3.65. The molecule has 0 spiro atoms. The lowest BCUT2D eigenvalue weighted by molar-refractivity contribution is -0.110.